The van der Waals surface area contributed by atoms with Gasteiger partial charge >= 0.3 is 0 Å². The second kappa shape index (κ2) is 4.97. The number of aliphatic hydroxyl groups excluding tert-OH is 1. The van der Waals surface area contributed by atoms with Gasteiger partial charge in [-0.2, -0.15) is 4.68 Å². The minimum atomic E-state index is -0.0155. The lowest BCUT2D eigenvalue weighted by atomic mass is 10.2. The van der Waals surface area contributed by atoms with E-state index in [1.165, 1.54) is 0 Å². The highest BCUT2D eigenvalue weighted by atomic mass is 16.5. The molecule has 100 valence electrons. The Balaban J connectivity index is 2.01. The monoisotopic (exact) mass is 260 g/mol. The third-order valence-corrected chi connectivity index (χ3v) is 3.13. The van der Waals surface area contributed by atoms with Crippen molar-refractivity contribution >= 4 is 0 Å². The van der Waals surface area contributed by atoms with Gasteiger partial charge in [-0.25, -0.2) is 0 Å². The number of nitrogens with zero attached hydrogens (tertiary/aromatic N) is 4. The van der Waals surface area contributed by atoms with E-state index < -0.39 is 0 Å². The molecule has 0 aliphatic heterocycles. The van der Waals surface area contributed by atoms with Gasteiger partial charge in [-0.1, -0.05) is 6.07 Å². The third-order valence-electron chi connectivity index (χ3n) is 3.13. The van der Waals surface area contributed by atoms with Crippen LogP contribution in [0.1, 0.15) is 30.1 Å². The fraction of sp³-hybridized carbons (Fsp3) is 0.462. The van der Waals surface area contributed by atoms with E-state index in [0.29, 0.717) is 11.7 Å². The molecule has 0 bridgehead atoms. The molecule has 0 radical (unpaired) electrons. The number of ether oxygens (including phenoxy) is 1. The van der Waals surface area contributed by atoms with Crippen molar-refractivity contribution in [1.82, 2.24) is 20.2 Å². The molecule has 0 atom stereocenters. The van der Waals surface area contributed by atoms with Crippen LogP contribution in [0.15, 0.2) is 18.2 Å². The highest BCUT2D eigenvalue weighted by molar-refractivity contribution is 5.49. The Morgan fingerprint density at radius 3 is 3.00 bits per heavy atom. The maximum Gasteiger partial charge on any atom is 0.159 e. The van der Waals surface area contributed by atoms with E-state index in [1.54, 1.807) is 4.68 Å². The van der Waals surface area contributed by atoms with Crippen molar-refractivity contribution in [3.63, 3.8) is 0 Å². The Labute approximate surface area is 111 Å². The van der Waals surface area contributed by atoms with Crippen LogP contribution in [0, 0.1) is 6.92 Å². The molecule has 1 heterocycles. The summed E-state index contributed by atoms with van der Waals surface area (Å²) in [6.45, 7) is 2.26. The van der Waals surface area contributed by atoms with Crippen molar-refractivity contribution in [3.8, 4) is 11.4 Å². The number of benzene rings is 1. The first-order valence-corrected chi connectivity index (χ1v) is 6.42. The zero-order chi connectivity index (χ0) is 13.2. The summed E-state index contributed by atoms with van der Waals surface area (Å²) in [6.07, 6.45) is 2.28. The molecule has 0 saturated heterocycles. The molecule has 3 rings (SSSR count). The van der Waals surface area contributed by atoms with Gasteiger partial charge in [0, 0.05) is 5.92 Å². The summed E-state index contributed by atoms with van der Waals surface area (Å²) in [5.74, 6) is 2.04. The van der Waals surface area contributed by atoms with Crippen LogP contribution < -0.4 is 4.74 Å². The molecule has 1 saturated carbocycles. The van der Waals surface area contributed by atoms with E-state index in [0.717, 1.165) is 29.9 Å². The standard InChI is InChI=1S/C13H16N4O2/c1-9-2-5-12(19-7-6-18)11(8-9)17-13(10-3-4-10)14-15-16-17/h2,5,8,10,18H,3-4,6-7H2,1H3. The van der Waals surface area contributed by atoms with Gasteiger partial charge in [0.25, 0.3) is 0 Å². The van der Waals surface area contributed by atoms with Crippen LogP contribution in [-0.4, -0.2) is 38.5 Å². The molecule has 1 N–H and O–H groups in total. The number of rotatable bonds is 5. The molecule has 1 aliphatic rings. The van der Waals surface area contributed by atoms with Gasteiger partial charge in [-0.3, -0.25) is 0 Å². The van der Waals surface area contributed by atoms with E-state index in [9.17, 15) is 0 Å². The van der Waals surface area contributed by atoms with Crippen LogP contribution in [0.4, 0.5) is 0 Å². The molecule has 1 aromatic heterocycles. The average molecular weight is 260 g/mol. The van der Waals surface area contributed by atoms with E-state index in [4.69, 9.17) is 9.84 Å². The van der Waals surface area contributed by atoms with Gasteiger partial charge in [0.05, 0.1) is 6.61 Å². The summed E-state index contributed by atoms with van der Waals surface area (Å²) >= 11 is 0. The van der Waals surface area contributed by atoms with E-state index in [2.05, 4.69) is 15.5 Å². The highest BCUT2D eigenvalue weighted by Crippen LogP contribution is 2.40. The number of hydrogen-bond acceptors (Lipinski definition) is 5. The zero-order valence-corrected chi connectivity index (χ0v) is 10.8. The Bertz CT molecular complexity index is 578. The van der Waals surface area contributed by atoms with Crippen LogP contribution in [0.3, 0.4) is 0 Å². The molecule has 2 aromatic rings. The maximum atomic E-state index is 8.88. The zero-order valence-electron chi connectivity index (χ0n) is 10.8. The topological polar surface area (TPSA) is 73.1 Å². The molecule has 0 amide bonds. The first-order valence-electron chi connectivity index (χ1n) is 6.42. The molecule has 1 aromatic carbocycles. The number of aromatic nitrogens is 4. The van der Waals surface area contributed by atoms with Crippen molar-refractivity contribution in [2.24, 2.45) is 0 Å². The first kappa shape index (κ1) is 12.1. The summed E-state index contributed by atoms with van der Waals surface area (Å²) in [6, 6.07) is 5.85. The van der Waals surface area contributed by atoms with E-state index in [1.807, 2.05) is 25.1 Å². The summed E-state index contributed by atoms with van der Waals surface area (Å²) < 4.78 is 7.30. The van der Waals surface area contributed by atoms with Crippen molar-refractivity contribution < 1.29 is 9.84 Å². The molecular weight excluding hydrogens is 244 g/mol. The van der Waals surface area contributed by atoms with Crippen LogP contribution in [0.2, 0.25) is 0 Å². The van der Waals surface area contributed by atoms with E-state index >= 15 is 0 Å². The van der Waals surface area contributed by atoms with Crippen LogP contribution >= 0.6 is 0 Å². The van der Waals surface area contributed by atoms with Gasteiger partial charge in [0.1, 0.15) is 18.0 Å². The summed E-state index contributed by atoms with van der Waals surface area (Å²) in [5, 5.41) is 20.8. The Kier molecular flexibility index (Phi) is 3.16. The average Bonchev–Trinajstić information content (AvgIpc) is 3.15. The quantitative estimate of drug-likeness (QED) is 0.875. The number of hydrogen-bond donors (Lipinski definition) is 1. The second-order valence-electron chi connectivity index (χ2n) is 4.77. The van der Waals surface area contributed by atoms with Crippen LogP contribution in [0.5, 0.6) is 5.75 Å². The summed E-state index contributed by atoms with van der Waals surface area (Å²) in [4.78, 5) is 0. The van der Waals surface area contributed by atoms with Gasteiger partial charge < -0.3 is 9.84 Å². The van der Waals surface area contributed by atoms with Crippen LogP contribution in [-0.2, 0) is 0 Å². The first-order chi connectivity index (χ1) is 9.29. The summed E-state index contributed by atoms with van der Waals surface area (Å²) in [7, 11) is 0. The maximum absolute atomic E-state index is 8.88. The second-order valence-corrected chi connectivity index (χ2v) is 4.77. The molecule has 0 unspecified atom stereocenters. The number of aryl methyl sites for hydroxylation is 1. The van der Waals surface area contributed by atoms with Gasteiger partial charge in [0.2, 0.25) is 0 Å². The van der Waals surface area contributed by atoms with Crippen molar-refractivity contribution in [2.45, 2.75) is 25.7 Å². The number of tetrazole rings is 1. The van der Waals surface area contributed by atoms with Crippen molar-refractivity contribution in [2.75, 3.05) is 13.2 Å². The molecule has 6 nitrogen and oxygen atoms in total. The van der Waals surface area contributed by atoms with E-state index in [-0.39, 0.29) is 13.2 Å². The van der Waals surface area contributed by atoms with Crippen LogP contribution in [0.25, 0.3) is 5.69 Å². The minimum Gasteiger partial charge on any atom is -0.489 e. The fourth-order valence-corrected chi connectivity index (χ4v) is 2.03. The predicted octanol–water partition coefficient (Wildman–Crippen LogP) is 1.22. The lowest BCUT2D eigenvalue weighted by Crippen LogP contribution is -2.08. The Hall–Kier alpha value is -1.95. The lowest BCUT2D eigenvalue weighted by Gasteiger charge is -2.12. The van der Waals surface area contributed by atoms with Gasteiger partial charge in [0.15, 0.2) is 5.82 Å². The normalized spacial score (nSPS) is 14.6. The summed E-state index contributed by atoms with van der Waals surface area (Å²) in [5.41, 5.74) is 1.95. The Morgan fingerprint density at radius 1 is 1.42 bits per heavy atom. The van der Waals surface area contributed by atoms with Gasteiger partial charge in [-0.15, -0.1) is 5.10 Å². The fourth-order valence-electron chi connectivity index (χ4n) is 2.03. The molecule has 1 aliphatic carbocycles. The number of aliphatic hydroxyl groups is 1. The van der Waals surface area contributed by atoms with Gasteiger partial charge in [-0.05, 0) is 47.9 Å². The Morgan fingerprint density at radius 2 is 2.26 bits per heavy atom. The molecule has 19 heavy (non-hydrogen) atoms. The smallest absolute Gasteiger partial charge is 0.159 e. The minimum absolute atomic E-state index is 0.0155. The molecule has 6 heteroatoms. The largest absolute Gasteiger partial charge is 0.489 e. The third kappa shape index (κ3) is 2.44. The molecular formula is C13H16N4O2. The SMILES string of the molecule is Cc1ccc(OCCO)c(-n2nnnc2C2CC2)c1. The highest BCUT2D eigenvalue weighted by Gasteiger charge is 2.30. The molecule has 1 fully saturated rings. The predicted molar refractivity (Wildman–Crippen MR) is 68.4 cm³/mol. The molecule has 0 spiro atoms. The van der Waals surface area contributed by atoms with Crippen molar-refractivity contribution in [1.29, 1.82) is 0 Å². The van der Waals surface area contributed by atoms with Crippen molar-refractivity contribution in [3.05, 3.63) is 29.6 Å². The lowest BCUT2D eigenvalue weighted by molar-refractivity contribution is 0.201.